The van der Waals surface area contributed by atoms with E-state index < -0.39 is 0 Å². The molecule has 114 valence electrons. The molecule has 1 aromatic heterocycles. The van der Waals surface area contributed by atoms with E-state index in [0.29, 0.717) is 5.92 Å². The third-order valence-corrected chi connectivity index (χ3v) is 3.83. The van der Waals surface area contributed by atoms with Crippen LogP contribution in [0.2, 0.25) is 5.02 Å². The molecule has 0 aliphatic rings. The molecule has 4 nitrogen and oxygen atoms in total. The Kier molecular flexibility index (Phi) is 6.21. The number of nitrogens with one attached hydrogen (secondary N) is 1. The van der Waals surface area contributed by atoms with Crippen LogP contribution in [0.4, 0.5) is 0 Å². The number of halogens is 1. The van der Waals surface area contributed by atoms with Crippen molar-refractivity contribution in [1.82, 2.24) is 20.1 Å². The van der Waals surface area contributed by atoms with E-state index in [1.165, 1.54) is 5.56 Å². The lowest BCUT2D eigenvalue weighted by molar-refractivity contribution is 0.453. The van der Waals surface area contributed by atoms with Crippen LogP contribution in [0.5, 0.6) is 0 Å². The summed E-state index contributed by atoms with van der Waals surface area (Å²) in [5, 5.41) is 8.45. The molecular weight excluding hydrogens is 284 g/mol. The zero-order chi connectivity index (χ0) is 15.1. The summed E-state index contributed by atoms with van der Waals surface area (Å²) in [5.74, 6) is 1.54. The first-order valence-corrected chi connectivity index (χ1v) is 7.85. The quantitative estimate of drug-likeness (QED) is 0.763. The molecule has 0 aliphatic heterocycles. The van der Waals surface area contributed by atoms with Crippen molar-refractivity contribution in [3.8, 4) is 0 Å². The van der Waals surface area contributed by atoms with E-state index >= 15 is 0 Å². The van der Waals surface area contributed by atoms with Crippen LogP contribution in [0.25, 0.3) is 0 Å². The van der Waals surface area contributed by atoms with E-state index in [9.17, 15) is 0 Å². The van der Waals surface area contributed by atoms with Crippen molar-refractivity contribution < 1.29 is 0 Å². The topological polar surface area (TPSA) is 42.7 Å². The van der Waals surface area contributed by atoms with Crippen molar-refractivity contribution in [3.05, 3.63) is 47.0 Å². The van der Waals surface area contributed by atoms with Crippen molar-refractivity contribution in [2.45, 2.75) is 26.2 Å². The summed E-state index contributed by atoms with van der Waals surface area (Å²) >= 11 is 5.95. The Morgan fingerprint density at radius 1 is 1.24 bits per heavy atom. The van der Waals surface area contributed by atoms with Crippen LogP contribution in [-0.2, 0) is 19.9 Å². The van der Waals surface area contributed by atoms with Gasteiger partial charge in [-0.25, -0.2) is 4.98 Å². The molecule has 1 N–H and O–H groups in total. The summed E-state index contributed by atoms with van der Waals surface area (Å²) in [6.45, 7) is 4.23. The molecule has 0 amide bonds. The van der Waals surface area contributed by atoms with E-state index in [4.69, 9.17) is 11.6 Å². The van der Waals surface area contributed by atoms with Crippen molar-refractivity contribution in [2.24, 2.45) is 13.0 Å². The number of rotatable bonds is 8. The number of nitrogens with zero attached hydrogens (tertiary/aromatic N) is 3. The molecule has 0 radical (unpaired) electrons. The van der Waals surface area contributed by atoms with E-state index in [2.05, 4.69) is 34.5 Å². The molecule has 5 heteroatoms. The van der Waals surface area contributed by atoms with Gasteiger partial charge in [0, 0.05) is 18.5 Å². The lowest BCUT2D eigenvalue weighted by Crippen LogP contribution is -2.27. The van der Waals surface area contributed by atoms with Gasteiger partial charge >= 0.3 is 0 Å². The molecule has 2 rings (SSSR count). The average molecular weight is 307 g/mol. The van der Waals surface area contributed by atoms with Crippen LogP contribution < -0.4 is 5.32 Å². The molecule has 0 saturated heterocycles. The van der Waals surface area contributed by atoms with Gasteiger partial charge in [0.2, 0.25) is 0 Å². The van der Waals surface area contributed by atoms with Gasteiger partial charge in [0.15, 0.2) is 0 Å². The van der Waals surface area contributed by atoms with Gasteiger partial charge in [0.05, 0.1) is 0 Å². The predicted octanol–water partition coefficient (Wildman–Crippen LogP) is 2.87. The Hall–Kier alpha value is -1.39. The van der Waals surface area contributed by atoms with Gasteiger partial charge in [-0.3, -0.25) is 4.68 Å². The minimum Gasteiger partial charge on any atom is -0.316 e. The smallest absolute Gasteiger partial charge is 0.138 e. The molecule has 0 fully saturated rings. The van der Waals surface area contributed by atoms with Gasteiger partial charge in [-0.1, -0.05) is 30.7 Å². The fraction of sp³-hybridized carbons (Fsp3) is 0.500. The second-order valence-electron chi connectivity index (χ2n) is 5.40. The molecule has 0 bridgehead atoms. The van der Waals surface area contributed by atoms with E-state index in [1.807, 2.05) is 23.9 Å². The fourth-order valence-corrected chi connectivity index (χ4v) is 2.54. The summed E-state index contributed by atoms with van der Waals surface area (Å²) in [6, 6.07) is 8.11. The van der Waals surface area contributed by atoms with Gasteiger partial charge in [0.1, 0.15) is 12.2 Å². The minimum atomic E-state index is 0.501. The Balaban J connectivity index is 2.00. The summed E-state index contributed by atoms with van der Waals surface area (Å²) in [5.41, 5.74) is 1.31. The van der Waals surface area contributed by atoms with E-state index in [0.717, 1.165) is 43.2 Å². The summed E-state index contributed by atoms with van der Waals surface area (Å²) in [7, 11) is 1.95. The maximum atomic E-state index is 5.95. The molecule has 1 aromatic carbocycles. The first-order chi connectivity index (χ1) is 10.2. The predicted molar refractivity (Wildman–Crippen MR) is 86.5 cm³/mol. The average Bonchev–Trinajstić information content (AvgIpc) is 2.87. The van der Waals surface area contributed by atoms with E-state index in [-0.39, 0.29) is 0 Å². The SMILES string of the molecule is CCCNCC(Cc1ccc(Cl)cc1)Cc1ncnn1C. The summed E-state index contributed by atoms with van der Waals surface area (Å²) in [6.07, 6.45) is 4.71. The highest BCUT2D eigenvalue weighted by Gasteiger charge is 2.13. The van der Waals surface area contributed by atoms with E-state index in [1.54, 1.807) is 6.33 Å². The molecule has 1 heterocycles. The van der Waals surface area contributed by atoms with Gasteiger partial charge in [0.25, 0.3) is 0 Å². The van der Waals surface area contributed by atoms with Crippen LogP contribution in [0.1, 0.15) is 24.7 Å². The van der Waals surface area contributed by atoms with Crippen LogP contribution >= 0.6 is 11.6 Å². The van der Waals surface area contributed by atoms with Crippen LogP contribution in [0.15, 0.2) is 30.6 Å². The van der Waals surface area contributed by atoms with Gasteiger partial charge in [-0.05, 0) is 49.5 Å². The zero-order valence-corrected chi connectivity index (χ0v) is 13.5. The summed E-state index contributed by atoms with van der Waals surface area (Å²) in [4.78, 5) is 4.34. The van der Waals surface area contributed by atoms with Crippen molar-refractivity contribution in [1.29, 1.82) is 0 Å². The fourth-order valence-electron chi connectivity index (χ4n) is 2.42. The highest BCUT2D eigenvalue weighted by molar-refractivity contribution is 6.30. The van der Waals surface area contributed by atoms with Gasteiger partial charge in [-0.2, -0.15) is 5.10 Å². The van der Waals surface area contributed by atoms with Crippen LogP contribution in [-0.4, -0.2) is 27.9 Å². The first kappa shape index (κ1) is 16.0. The Bertz CT molecular complexity index is 535. The maximum absolute atomic E-state index is 5.95. The maximum Gasteiger partial charge on any atom is 0.138 e. The number of hydrogen-bond acceptors (Lipinski definition) is 3. The van der Waals surface area contributed by atoms with Gasteiger partial charge in [-0.15, -0.1) is 0 Å². The van der Waals surface area contributed by atoms with Crippen molar-refractivity contribution in [3.63, 3.8) is 0 Å². The largest absolute Gasteiger partial charge is 0.316 e. The zero-order valence-electron chi connectivity index (χ0n) is 12.7. The summed E-state index contributed by atoms with van der Waals surface area (Å²) < 4.78 is 1.86. The second-order valence-corrected chi connectivity index (χ2v) is 5.84. The number of aromatic nitrogens is 3. The number of hydrogen-bond donors (Lipinski definition) is 1. The molecule has 0 saturated carbocycles. The molecule has 1 unspecified atom stereocenters. The number of aryl methyl sites for hydroxylation is 1. The lowest BCUT2D eigenvalue weighted by atomic mass is 9.95. The molecule has 21 heavy (non-hydrogen) atoms. The standard InChI is InChI=1S/C16H23ClN4/c1-3-8-18-11-14(10-16-19-12-20-21(16)2)9-13-4-6-15(17)7-5-13/h4-7,12,14,18H,3,8-11H2,1-2H3. The van der Waals surface area contributed by atoms with Crippen LogP contribution in [0, 0.1) is 5.92 Å². The third kappa shape index (κ3) is 5.14. The van der Waals surface area contributed by atoms with Crippen molar-refractivity contribution in [2.75, 3.05) is 13.1 Å². The molecule has 1 atom stereocenters. The molecule has 2 aromatic rings. The molecule has 0 spiro atoms. The normalized spacial score (nSPS) is 12.5. The highest BCUT2D eigenvalue weighted by atomic mass is 35.5. The monoisotopic (exact) mass is 306 g/mol. The van der Waals surface area contributed by atoms with Crippen molar-refractivity contribution >= 4 is 11.6 Å². The number of benzene rings is 1. The second kappa shape index (κ2) is 8.15. The van der Waals surface area contributed by atoms with Crippen LogP contribution in [0.3, 0.4) is 0 Å². The van der Waals surface area contributed by atoms with Gasteiger partial charge < -0.3 is 5.32 Å². The Morgan fingerprint density at radius 3 is 2.62 bits per heavy atom. The molecular formula is C16H23ClN4. The first-order valence-electron chi connectivity index (χ1n) is 7.47. The third-order valence-electron chi connectivity index (χ3n) is 3.57. The lowest BCUT2D eigenvalue weighted by Gasteiger charge is -2.17. The highest BCUT2D eigenvalue weighted by Crippen LogP contribution is 2.16. The Morgan fingerprint density at radius 2 is 2.00 bits per heavy atom. The molecule has 0 aliphatic carbocycles. The Labute approximate surface area is 131 Å². The minimum absolute atomic E-state index is 0.501.